The van der Waals surface area contributed by atoms with E-state index in [2.05, 4.69) is 21.2 Å². The molecule has 31 heavy (non-hydrogen) atoms. The normalized spacial score (nSPS) is 18.5. The van der Waals surface area contributed by atoms with E-state index < -0.39 is 17.2 Å². The quantitative estimate of drug-likeness (QED) is 0.421. The Balaban J connectivity index is 1.54. The number of halogens is 1. The lowest BCUT2D eigenvalue weighted by Crippen LogP contribution is -2.44. The van der Waals surface area contributed by atoms with Gasteiger partial charge in [0.1, 0.15) is 16.9 Å². The van der Waals surface area contributed by atoms with Crippen LogP contribution >= 0.6 is 15.9 Å². The van der Waals surface area contributed by atoms with Gasteiger partial charge >= 0.3 is 11.7 Å². The molecule has 1 saturated heterocycles. The zero-order chi connectivity index (χ0) is 22.2. The Labute approximate surface area is 187 Å². The third kappa shape index (κ3) is 4.20. The first-order valence-corrected chi connectivity index (χ1v) is 10.6. The number of hydrogen-bond acceptors (Lipinski definition) is 5. The summed E-state index contributed by atoms with van der Waals surface area (Å²) in [5.74, 6) is 0.447. The van der Waals surface area contributed by atoms with E-state index in [1.54, 1.807) is 26.2 Å². The number of ether oxygens (including phenoxy) is 1. The SMILES string of the molecule is COc1ccc(CC[C@]2(C)NC(=O)N(Cc3cc(=O)oc4cc(Br)ccc34)C2=O)cc1. The molecular formula is C23H21BrN2O5. The molecule has 0 saturated carbocycles. The fourth-order valence-electron chi connectivity index (χ4n) is 3.75. The molecule has 4 rings (SSSR count). The molecule has 0 radical (unpaired) electrons. The lowest BCUT2D eigenvalue weighted by Gasteiger charge is -2.22. The molecule has 1 N–H and O–H groups in total. The third-order valence-corrected chi connectivity index (χ3v) is 6.03. The Kier molecular flexibility index (Phi) is 5.58. The Morgan fingerprint density at radius 1 is 1.10 bits per heavy atom. The lowest BCUT2D eigenvalue weighted by molar-refractivity contribution is -0.131. The maximum Gasteiger partial charge on any atom is 0.336 e. The molecule has 3 aromatic rings. The van der Waals surface area contributed by atoms with Crippen LogP contribution in [0.15, 0.2) is 62.2 Å². The summed E-state index contributed by atoms with van der Waals surface area (Å²) in [5.41, 5.74) is 0.442. The molecule has 2 heterocycles. The fourth-order valence-corrected chi connectivity index (χ4v) is 4.09. The highest BCUT2D eigenvalue weighted by Crippen LogP contribution is 2.28. The predicted octanol–water partition coefficient (Wildman–Crippen LogP) is 4.01. The summed E-state index contributed by atoms with van der Waals surface area (Å²) in [5, 5.41) is 3.49. The minimum absolute atomic E-state index is 0.00742. The molecule has 0 aliphatic carbocycles. The molecule has 0 bridgehead atoms. The predicted molar refractivity (Wildman–Crippen MR) is 119 cm³/mol. The van der Waals surface area contributed by atoms with Crippen LogP contribution in [-0.2, 0) is 17.8 Å². The van der Waals surface area contributed by atoms with E-state index in [9.17, 15) is 14.4 Å². The highest BCUT2D eigenvalue weighted by atomic mass is 79.9. The van der Waals surface area contributed by atoms with E-state index in [1.807, 2.05) is 30.3 Å². The van der Waals surface area contributed by atoms with Gasteiger partial charge in [-0.2, -0.15) is 0 Å². The number of carbonyl (C=O) groups is 2. The smallest absolute Gasteiger partial charge is 0.336 e. The summed E-state index contributed by atoms with van der Waals surface area (Å²) >= 11 is 3.35. The van der Waals surface area contributed by atoms with Crippen LogP contribution in [0.5, 0.6) is 5.75 Å². The molecule has 1 aromatic heterocycles. The van der Waals surface area contributed by atoms with Gasteiger partial charge in [-0.05, 0) is 61.2 Å². The van der Waals surface area contributed by atoms with Crippen molar-refractivity contribution in [1.82, 2.24) is 10.2 Å². The van der Waals surface area contributed by atoms with Crippen LogP contribution in [0.1, 0.15) is 24.5 Å². The van der Waals surface area contributed by atoms with Gasteiger partial charge in [0.15, 0.2) is 0 Å². The maximum atomic E-state index is 13.2. The van der Waals surface area contributed by atoms with Gasteiger partial charge in [0.05, 0.1) is 13.7 Å². The first-order chi connectivity index (χ1) is 14.8. The number of nitrogens with one attached hydrogen (secondary N) is 1. The number of amides is 3. The van der Waals surface area contributed by atoms with Gasteiger partial charge in [-0.3, -0.25) is 9.69 Å². The zero-order valence-electron chi connectivity index (χ0n) is 17.1. The summed E-state index contributed by atoms with van der Waals surface area (Å²) in [7, 11) is 1.61. The van der Waals surface area contributed by atoms with E-state index in [0.29, 0.717) is 29.4 Å². The van der Waals surface area contributed by atoms with Crippen molar-refractivity contribution >= 4 is 38.8 Å². The molecule has 0 unspecified atom stereocenters. The summed E-state index contributed by atoms with van der Waals surface area (Å²) in [6.45, 7) is 1.72. The number of urea groups is 1. The van der Waals surface area contributed by atoms with Gasteiger partial charge in [-0.15, -0.1) is 0 Å². The number of aryl methyl sites for hydroxylation is 1. The van der Waals surface area contributed by atoms with Gasteiger partial charge in [-0.25, -0.2) is 9.59 Å². The Hall–Kier alpha value is -3.13. The van der Waals surface area contributed by atoms with Gasteiger partial charge in [0, 0.05) is 15.9 Å². The monoisotopic (exact) mass is 484 g/mol. The summed E-state index contributed by atoms with van der Waals surface area (Å²) in [6, 6.07) is 13.8. The number of benzene rings is 2. The average molecular weight is 485 g/mol. The van der Waals surface area contributed by atoms with Gasteiger partial charge < -0.3 is 14.5 Å². The van der Waals surface area contributed by atoms with E-state index in [4.69, 9.17) is 9.15 Å². The molecule has 1 atom stereocenters. The second-order valence-corrected chi connectivity index (χ2v) is 8.65. The summed E-state index contributed by atoms with van der Waals surface area (Å²) < 4.78 is 11.2. The van der Waals surface area contributed by atoms with Crippen molar-refractivity contribution in [2.24, 2.45) is 0 Å². The third-order valence-electron chi connectivity index (χ3n) is 5.54. The van der Waals surface area contributed by atoms with Crippen molar-refractivity contribution in [2.75, 3.05) is 7.11 Å². The van der Waals surface area contributed by atoms with Crippen LogP contribution in [0.4, 0.5) is 4.79 Å². The van der Waals surface area contributed by atoms with Crippen LogP contribution in [0.3, 0.4) is 0 Å². The largest absolute Gasteiger partial charge is 0.497 e. The number of imide groups is 1. The average Bonchev–Trinajstić information content (AvgIpc) is 2.95. The van der Waals surface area contributed by atoms with Crippen molar-refractivity contribution in [1.29, 1.82) is 0 Å². The Morgan fingerprint density at radius 2 is 1.84 bits per heavy atom. The molecule has 1 aliphatic heterocycles. The van der Waals surface area contributed by atoms with Crippen molar-refractivity contribution < 1.29 is 18.7 Å². The van der Waals surface area contributed by atoms with Crippen LogP contribution in [-0.4, -0.2) is 29.5 Å². The van der Waals surface area contributed by atoms with Crippen molar-refractivity contribution in [3.63, 3.8) is 0 Å². The second kappa shape index (κ2) is 8.19. The maximum absolute atomic E-state index is 13.2. The molecule has 1 aliphatic rings. The van der Waals surface area contributed by atoms with Gasteiger partial charge in [-0.1, -0.05) is 28.1 Å². The van der Waals surface area contributed by atoms with Gasteiger partial charge in [0.25, 0.3) is 5.91 Å². The molecule has 1 fully saturated rings. The molecule has 160 valence electrons. The standard InChI is InChI=1S/C23H21BrN2O5/c1-23(10-9-14-3-6-17(30-2)7-4-14)21(28)26(22(29)25-23)13-15-11-20(27)31-19-12-16(24)5-8-18(15)19/h3-8,11-12H,9-10,13H2,1-2H3,(H,25,29)/t23-/m0/s1. The van der Waals surface area contributed by atoms with Crippen LogP contribution in [0, 0.1) is 0 Å². The first-order valence-electron chi connectivity index (χ1n) is 9.78. The Morgan fingerprint density at radius 3 is 2.55 bits per heavy atom. The summed E-state index contributed by atoms with van der Waals surface area (Å²) in [4.78, 5) is 38.9. The number of hydrogen-bond donors (Lipinski definition) is 1. The number of rotatable bonds is 6. The molecule has 3 amide bonds. The Bertz CT molecular complexity index is 1220. The molecule has 7 nitrogen and oxygen atoms in total. The molecule has 2 aromatic carbocycles. The topological polar surface area (TPSA) is 88.8 Å². The minimum atomic E-state index is -1.02. The fraction of sp³-hybridized carbons (Fsp3) is 0.261. The van der Waals surface area contributed by atoms with Crippen molar-refractivity contribution in [2.45, 2.75) is 31.8 Å². The minimum Gasteiger partial charge on any atom is -0.497 e. The first kappa shape index (κ1) is 21.1. The molecule has 8 heteroatoms. The van der Waals surface area contributed by atoms with E-state index in [-0.39, 0.29) is 12.5 Å². The lowest BCUT2D eigenvalue weighted by atomic mass is 9.93. The summed E-state index contributed by atoms with van der Waals surface area (Å²) in [6.07, 6.45) is 1.07. The number of fused-ring (bicyclic) bond motifs is 1. The number of methoxy groups -OCH3 is 1. The second-order valence-electron chi connectivity index (χ2n) is 7.73. The molecular weight excluding hydrogens is 464 g/mol. The molecule has 0 spiro atoms. The van der Waals surface area contributed by atoms with E-state index in [0.717, 1.165) is 20.7 Å². The van der Waals surface area contributed by atoms with Crippen molar-refractivity contribution in [3.05, 3.63) is 74.6 Å². The number of nitrogens with zero attached hydrogens (tertiary/aromatic N) is 1. The van der Waals surface area contributed by atoms with Crippen LogP contribution in [0.25, 0.3) is 11.0 Å². The van der Waals surface area contributed by atoms with E-state index in [1.165, 1.54) is 6.07 Å². The van der Waals surface area contributed by atoms with Gasteiger partial charge in [0.2, 0.25) is 0 Å². The van der Waals surface area contributed by atoms with Crippen LogP contribution < -0.4 is 15.7 Å². The highest BCUT2D eigenvalue weighted by molar-refractivity contribution is 9.10. The van der Waals surface area contributed by atoms with Crippen LogP contribution in [0.2, 0.25) is 0 Å². The van der Waals surface area contributed by atoms with Crippen molar-refractivity contribution in [3.8, 4) is 5.75 Å². The number of carbonyl (C=O) groups excluding carboxylic acids is 2. The highest BCUT2D eigenvalue weighted by Gasteiger charge is 2.47. The van der Waals surface area contributed by atoms with E-state index >= 15 is 0 Å². The zero-order valence-corrected chi connectivity index (χ0v) is 18.7.